The molecule has 0 saturated carbocycles. The highest BCUT2D eigenvalue weighted by molar-refractivity contribution is 7.80. The van der Waals surface area contributed by atoms with Gasteiger partial charge in [0, 0.05) is 0 Å². The second-order valence-corrected chi connectivity index (χ2v) is 4.34. The van der Waals surface area contributed by atoms with E-state index in [-0.39, 0.29) is 5.11 Å². The Kier molecular flexibility index (Phi) is 4.03. The maximum absolute atomic E-state index is 5.33. The van der Waals surface area contributed by atoms with Gasteiger partial charge in [-0.1, -0.05) is 18.2 Å². The molecule has 0 fully saturated rings. The van der Waals surface area contributed by atoms with Gasteiger partial charge in [0.25, 0.3) is 0 Å². The molecule has 1 aliphatic rings. The van der Waals surface area contributed by atoms with Gasteiger partial charge in [0.1, 0.15) is 0 Å². The molecule has 0 spiro atoms. The molecule has 0 aliphatic heterocycles. The fourth-order valence-electron chi connectivity index (χ4n) is 1.55. The van der Waals surface area contributed by atoms with Crippen LogP contribution in [0.15, 0.2) is 28.9 Å². The fraction of sp³-hybridized carbons (Fsp3) is 0.455. The lowest BCUT2D eigenvalue weighted by atomic mass is 9.85. The molecule has 0 radical (unpaired) electrons. The highest BCUT2D eigenvalue weighted by Gasteiger charge is 2.18. The third-order valence-corrected chi connectivity index (χ3v) is 2.69. The predicted molar refractivity (Wildman–Crippen MR) is 68.7 cm³/mol. The van der Waals surface area contributed by atoms with Crippen molar-refractivity contribution in [3.63, 3.8) is 0 Å². The van der Waals surface area contributed by atoms with Gasteiger partial charge in [-0.25, -0.2) is 0 Å². The van der Waals surface area contributed by atoms with E-state index in [0.29, 0.717) is 5.92 Å². The van der Waals surface area contributed by atoms with E-state index in [1.165, 1.54) is 11.1 Å². The highest BCUT2D eigenvalue weighted by Crippen LogP contribution is 2.26. The first-order valence-corrected chi connectivity index (χ1v) is 5.36. The molecule has 0 aromatic rings. The Morgan fingerprint density at radius 2 is 2.40 bits per heavy atom. The summed E-state index contributed by atoms with van der Waals surface area (Å²) in [5.41, 5.74) is 11.4. The third kappa shape index (κ3) is 3.47. The monoisotopic (exact) mass is 223 g/mol. The van der Waals surface area contributed by atoms with E-state index in [4.69, 9.17) is 18.0 Å². The number of hydrazone groups is 1. The standard InChI is InChI=1S/C11H17N3S/c1-7(2)9-5-4-8(3)10(6-9)13-14-11(12)15/h4,9H,1,5-6H2,2-3H3,(H3,12,14,15). The van der Waals surface area contributed by atoms with E-state index in [1.54, 1.807) is 0 Å². The number of hydrogen-bond donors (Lipinski definition) is 2. The minimum Gasteiger partial charge on any atom is -0.375 e. The Bertz CT molecular complexity index is 342. The molecule has 1 rings (SSSR count). The molecule has 82 valence electrons. The van der Waals surface area contributed by atoms with E-state index >= 15 is 0 Å². The van der Waals surface area contributed by atoms with E-state index in [1.807, 2.05) is 0 Å². The largest absolute Gasteiger partial charge is 0.375 e. The zero-order chi connectivity index (χ0) is 11.4. The Balaban J connectivity index is 2.75. The number of allylic oxidation sites excluding steroid dienone is 3. The summed E-state index contributed by atoms with van der Waals surface area (Å²) < 4.78 is 0. The van der Waals surface area contributed by atoms with Gasteiger partial charge < -0.3 is 5.73 Å². The lowest BCUT2D eigenvalue weighted by Crippen LogP contribution is -2.27. The summed E-state index contributed by atoms with van der Waals surface area (Å²) in [6, 6.07) is 0. The molecule has 0 saturated heterocycles. The van der Waals surface area contributed by atoms with Crippen LogP contribution in [0.3, 0.4) is 0 Å². The smallest absolute Gasteiger partial charge is 0.184 e. The van der Waals surface area contributed by atoms with Crippen LogP contribution in [0.5, 0.6) is 0 Å². The number of rotatable bonds is 2. The Labute approximate surface area is 96.1 Å². The number of hydrogen-bond acceptors (Lipinski definition) is 2. The van der Waals surface area contributed by atoms with Crippen LogP contribution < -0.4 is 11.2 Å². The lowest BCUT2D eigenvalue weighted by Gasteiger charge is -2.22. The summed E-state index contributed by atoms with van der Waals surface area (Å²) in [5, 5.41) is 4.39. The zero-order valence-electron chi connectivity index (χ0n) is 9.21. The van der Waals surface area contributed by atoms with Crippen molar-refractivity contribution in [1.29, 1.82) is 0 Å². The SMILES string of the molecule is C=C(C)C1CC=C(C)C(=NNC(N)=S)C1. The summed E-state index contributed by atoms with van der Waals surface area (Å²) in [6.45, 7) is 8.08. The average molecular weight is 223 g/mol. The van der Waals surface area contributed by atoms with Crippen molar-refractivity contribution >= 4 is 23.0 Å². The molecule has 0 heterocycles. The van der Waals surface area contributed by atoms with Crippen LogP contribution >= 0.6 is 12.2 Å². The van der Waals surface area contributed by atoms with Crippen LogP contribution in [0.2, 0.25) is 0 Å². The van der Waals surface area contributed by atoms with Gasteiger partial charge in [-0.05, 0) is 50.4 Å². The van der Waals surface area contributed by atoms with Crippen molar-refractivity contribution < 1.29 is 0 Å². The minimum atomic E-state index is 0.202. The number of nitrogens with two attached hydrogens (primary N) is 1. The van der Waals surface area contributed by atoms with E-state index in [0.717, 1.165) is 18.6 Å². The molecule has 1 atom stereocenters. The van der Waals surface area contributed by atoms with Gasteiger partial charge >= 0.3 is 0 Å². The quantitative estimate of drug-likeness (QED) is 0.428. The van der Waals surface area contributed by atoms with Crippen molar-refractivity contribution in [2.75, 3.05) is 0 Å². The first-order valence-electron chi connectivity index (χ1n) is 4.95. The second-order valence-electron chi connectivity index (χ2n) is 3.90. The molecule has 3 N–H and O–H groups in total. The van der Waals surface area contributed by atoms with Crippen molar-refractivity contribution in [2.45, 2.75) is 26.7 Å². The van der Waals surface area contributed by atoms with Crippen LogP contribution in [0.4, 0.5) is 0 Å². The van der Waals surface area contributed by atoms with Gasteiger partial charge in [-0.2, -0.15) is 5.10 Å². The summed E-state index contributed by atoms with van der Waals surface area (Å²) in [7, 11) is 0. The van der Waals surface area contributed by atoms with Crippen molar-refractivity contribution in [1.82, 2.24) is 5.43 Å². The molecule has 1 unspecified atom stereocenters. The van der Waals surface area contributed by atoms with Gasteiger partial charge in [-0.15, -0.1) is 0 Å². The van der Waals surface area contributed by atoms with E-state index in [9.17, 15) is 0 Å². The van der Waals surface area contributed by atoms with Gasteiger partial charge in [-0.3, -0.25) is 5.43 Å². The fourth-order valence-corrected chi connectivity index (χ4v) is 1.59. The number of thiocarbonyl (C=S) groups is 1. The average Bonchev–Trinajstić information content (AvgIpc) is 2.16. The second kappa shape index (κ2) is 5.07. The first-order chi connectivity index (χ1) is 7.00. The maximum Gasteiger partial charge on any atom is 0.184 e. The summed E-state index contributed by atoms with van der Waals surface area (Å²) >= 11 is 4.71. The highest BCUT2D eigenvalue weighted by atomic mass is 32.1. The minimum absolute atomic E-state index is 0.202. The lowest BCUT2D eigenvalue weighted by molar-refractivity contribution is 0.637. The van der Waals surface area contributed by atoms with Gasteiger partial charge in [0.05, 0.1) is 5.71 Å². The van der Waals surface area contributed by atoms with E-state index in [2.05, 4.69) is 37.0 Å². The Morgan fingerprint density at radius 1 is 1.73 bits per heavy atom. The van der Waals surface area contributed by atoms with Crippen molar-refractivity contribution in [2.24, 2.45) is 16.8 Å². The Hall–Kier alpha value is -1.16. The Morgan fingerprint density at radius 3 is 2.93 bits per heavy atom. The van der Waals surface area contributed by atoms with Crippen LogP contribution in [0.1, 0.15) is 26.7 Å². The summed E-state index contributed by atoms with van der Waals surface area (Å²) in [6.07, 6.45) is 4.14. The molecule has 0 aromatic carbocycles. The number of nitrogens with one attached hydrogen (secondary N) is 1. The summed E-state index contributed by atoms with van der Waals surface area (Å²) in [4.78, 5) is 0. The van der Waals surface area contributed by atoms with Crippen LogP contribution in [-0.4, -0.2) is 10.8 Å². The third-order valence-electron chi connectivity index (χ3n) is 2.60. The molecular formula is C11H17N3S. The van der Waals surface area contributed by atoms with Crippen molar-refractivity contribution in [3.8, 4) is 0 Å². The molecule has 0 amide bonds. The van der Waals surface area contributed by atoms with Gasteiger partial charge in [0.15, 0.2) is 5.11 Å². The van der Waals surface area contributed by atoms with Gasteiger partial charge in [0.2, 0.25) is 0 Å². The molecule has 0 aromatic heterocycles. The predicted octanol–water partition coefficient (Wildman–Crippen LogP) is 2.11. The van der Waals surface area contributed by atoms with E-state index < -0.39 is 0 Å². The summed E-state index contributed by atoms with van der Waals surface area (Å²) in [5.74, 6) is 0.487. The number of nitrogens with zero attached hydrogens (tertiary/aromatic N) is 1. The maximum atomic E-state index is 5.33. The van der Waals surface area contributed by atoms with Crippen LogP contribution in [0, 0.1) is 5.92 Å². The van der Waals surface area contributed by atoms with Crippen molar-refractivity contribution in [3.05, 3.63) is 23.8 Å². The molecule has 0 bridgehead atoms. The van der Waals surface area contributed by atoms with Crippen LogP contribution in [0.25, 0.3) is 0 Å². The molecule has 1 aliphatic carbocycles. The van der Waals surface area contributed by atoms with Crippen LogP contribution in [-0.2, 0) is 0 Å². The molecular weight excluding hydrogens is 206 g/mol. The molecule has 3 nitrogen and oxygen atoms in total. The molecule has 15 heavy (non-hydrogen) atoms. The first kappa shape index (κ1) is 11.9. The normalized spacial score (nSPS) is 23.5. The topological polar surface area (TPSA) is 50.4 Å². The zero-order valence-corrected chi connectivity index (χ0v) is 10.0. The molecule has 4 heteroatoms.